The molecule has 0 atom stereocenters. The minimum absolute atomic E-state index is 0.314. The molecule has 0 saturated heterocycles. The van der Waals surface area contributed by atoms with Crippen molar-refractivity contribution in [3.05, 3.63) is 0 Å². The maximum atomic E-state index is 9.36. The first-order valence-electron chi connectivity index (χ1n) is 1.58. The first kappa shape index (κ1) is 6.98. The van der Waals surface area contributed by atoms with Crippen LogP contribution in [-0.2, 0) is 9.09 Å². The number of aliphatic hydroxyl groups is 2. The summed E-state index contributed by atoms with van der Waals surface area (Å²) < 4.78 is 13.4. The molecule has 0 saturated carbocycles. The summed E-state index contributed by atoms with van der Waals surface area (Å²) in [5, 5.41) is 15.9. The van der Waals surface area contributed by atoms with E-state index in [4.69, 9.17) is 10.2 Å². The third kappa shape index (κ3) is 5.98. The molecule has 4 nitrogen and oxygen atoms in total. The summed E-state index contributed by atoms with van der Waals surface area (Å²) in [6, 6.07) is 0. The van der Waals surface area contributed by atoms with E-state index in [0.717, 1.165) is 0 Å². The first-order chi connectivity index (χ1) is 3.27. The van der Waals surface area contributed by atoms with E-state index >= 15 is 0 Å². The fourth-order valence-corrected chi connectivity index (χ4v) is 0.291. The number of aliphatic hydroxyl groups excluding tert-OH is 1. The van der Waals surface area contributed by atoms with Crippen molar-refractivity contribution < 1.29 is 19.3 Å². The molecule has 0 aromatic rings. The zero-order chi connectivity index (χ0) is 5.70. The molecule has 2 N–H and O–H groups in total. The number of hydrogen-bond donors (Lipinski definition) is 2. The summed E-state index contributed by atoms with van der Waals surface area (Å²) in [5.41, 5.74) is 0. The molecule has 5 heteroatoms. The van der Waals surface area contributed by atoms with Gasteiger partial charge in [-0.2, -0.15) is 0 Å². The van der Waals surface area contributed by atoms with Crippen LogP contribution in [0.3, 0.4) is 0 Å². The summed E-state index contributed by atoms with van der Waals surface area (Å²) in [6.07, 6.45) is -1.53. The van der Waals surface area contributed by atoms with Crippen LogP contribution in [0.25, 0.3) is 0 Å². The Balaban J connectivity index is 2.81. The lowest BCUT2D eigenvalue weighted by molar-refractivity contribution is -0.0657. The highest BCUT2D eigenvalue weighted by molar-refractivity contribution is 7.17. The second-order valence-electron chi connectivity index (χ2n) is 0.851. The molecule has 0 aliphatic rings. The molecule has 0 fully saturated rings. The van der Waals surface area contributed by atoms with Gasteiger partial charge in [-0.05, 0) is 0 Å². The summed E-state index contributed by atoms with van der Waals surface area (Å²) in [4.78, 5) is 0. The van der Waals surface area contributed by atoms with E-state index < -0.39 is 15.0 Å². The van der Waals surface area contributed by atoms with Gasteiger partial charge in [-0.3, -0.25) is 4.52 Å². The molecule has 0 radical (unpaired) electrons. The van der Waals surface area contributed by atoms with Gasteiger partial charge in [0.25, 0.3) is 0 Å². The monoisotopic (exact) mass is 124 g/mol. The summed E-state index contributed by atoms with van der Waals surface area (Å²) in [6.45, 7) is -0.314. The highest BCUT2D eigenvalue weighted by Gasteiger charge is 1.93. The molecule has 0 amide bonds. The predicted molar refractivity (Wildman–Crippen MR) is 21.8 cm³/mol. The second-order valence-corrected chi connectivity index (χ2v) is 1.26. The van der Waals surface area contributed by atoms with Crippen LogP contribution in [0.1, 0.15) is 0 Å². The SMILES string of the molecule is O=POCC(O)O. The van der Waals surface area contributed by atoms with E-state index in [1.807, 2.05) is 0 Å². The molecule has 0 unspecified atom stereocenters. The highest BCUT2D eigenvalue weighted by atomic mass is 31.1. The largest absolute Gasteiger partial charge is 0.366 e. The van der Waals surface area contributed by atoms with Gasteiger partial charge in [0, 0.05) is 0 Å². The minimum atomic E-state index is -1.53. The molecule has 7 heavy (non-hydrogen) atoms. The van der Waals surface area contributed by atoms with E-state index in [-0.39, 0.29) is 6.61 Å². The maximum Gasteiger partial charge on any atom is 0.327 e. The van der Waals surface area contributed by atoms with Gasteiger partial charge in [-0.25, -0.2) is 4.57 Å². The standard InChI is InChI=1S/C2H5O4P/c3-2(4)1-6-7-5/h2-4H,1H2. The van der Waals surface area contributed by atoms with E-state index in [1.54, 1.807) is 0 Å². The van der Waals surface area contributed by atoms with Crippen molar-refractivity contribution in [1.29, 1.82) is 0 Å². The lowest BCUT2D eigenvalue weighted by Crippen LogP contribution is -2.09. The molecule has 0 aromatic carbocycles. The number of rotatable bonds is 3. The van der Waals surface area contributed by atoms with Crippen LogP contribution in [0.15, 0.2) is 0 Å². The third-order valence-electron chi connectivity index (χ3n) is 0.276. The van der Waals surface area contributed by atoms with Crippen LogP contribution in [0, 0.1) is 0 Å². The summed E-state index contributed by atoms with van der Waals surface area (Å²) in [5.74, 6) is 0. The summed E-state index contributed by atoms with van der Waals surface area (Å²) in [7, 11) is -0.530. The van der Waals surface area contributed by atoms with Gasteiger partial charge in [-0.15, -0.1) is 0 Å². The zero-order valence-electron chi connectivity index (χ0n) is 3.44. The molecule has 0 bridgehead atoms. The molecule has 0 aliphatic heterocycles. The topological polar surface area (TPSA) is 66.8 Å². The average Bonchev–Trinajstić information content (AvgIpc) is 1.61. The number of hydrogen-bond acceptors (Lipinski definition) is 4. The maximum absolute atomic E-state index is 9.36. The van der Waals surface area contributed by atoms with Crippen LogP contribution in [0.4, 0.5) is 0 Å². The normalized spacial score (nSPS) is 10.7. The molecule has 0 aromatic heterocycles. The predicted octanol–water partition coefficient (Wildman–Crippen LogP) is -0.480. The Labute approximate surface area is 42.0 Å². The van der Waals surface area contributed by atoms with Gasteiger partial charge < -0.3 is 10.2 Å². The fourth-order valence-electron chi connectivity index (χ4n) is 0.0971. The lowest BCUT2D eigenvalue weighted by Gasteiger charge is -1.94. The van der Waals surface area contributed by atoms with E-state index in [1.165, 1.54) is 0 Å². The van der Waals surface area contributed by atoms with Crippen molar-refractivity contribution in [1.82, 2.24) is 0 Å². The van der Waals surface area contributed by atoms with Crippen molar-refractivity contribution in [3.8, 4) is 0 Å². The van der Waals surface area contributed by atoms with Gasteiger partial charge in [0.05, 0.1) is 0 Å². The summed E-state index contributed by atoms with van der Waals surface area (Å²) >= 11 is 0. The fraction of sp³-hybridized carbons (Fsp3) is 1.00. The van der Waals surface area contributed by atoms with Crippen molar-refractivity contribution in [2.24, 2.45) is 0 Å². The van der Waals surface area contributed by atoms with E-state index in [2.05, 4.69) is 4.52 Å². The lowest BCUT2D eigenvalue weighted by atomic mass is 10.7. The molecule has 0 aliphatic carbocycles. The van der Waals surface area contributed by atoms with Gasteiger partial charge in [0.2, 0.25) is 0 Å². The quantitative estimate of drug-likeness (QED) is 0.394. The van der Waals surface area contributed by atoms with Crippen LogP contribution >= 0.6 is 8.69 Å². The van der Waals surface area contributed by atoms with Crippen molar-refractivity contribution in [2.45, 2.75) is 6.29 Å². The first-order valence-corrected chi connectivity index (χ1v) is 2.31. The molecule has 42 valence electrons. The van der Waals surface area contributed by atoms with Gasteiger partial charge in [-0.1, -0.05) is 0 Å². The Bertz CT molecular complexity index is 53.7. The Morgan fingerprint density at radius 2 is 2.29 bits per heavy atom. The molecule has 0 rings (SSSR count). The van der Waals surface area contributed by atoms with Gasteiger partial charge in [0.1, 0.15) is 6.61 Å². The van der Waals surface area contributed by atoms with E-state index in [0.29, 0.717) is 0 Å². The molecule has 0 heterocycles. The Hall–Kier alpha value is -0.0200. The van der Waals surface area contributed by atoms with Crippen molar-refractivity contribution in [2.75, 3.05) is 6.61 Å². The Kier molecular flexibility index (Phi) is 4.14. The Morgan fingerprint density at radius 1 is 1.71 bits per heavy atom. The second kappa shape index (κ2) is 4.15. The van der Waals surface area contributed by atoms with Gasteiger partial charge >= 0.3 is 8.69 Å². The molecular weight excluding hydrogens is 119 g/mol. The molecule has 0 spiro atoms. The minimum Gasteiger partial charge on any atom is -0.366 e. The smallest absolute Gasteiger partial charge is 0.327 e. The molecular formula is C2H5O4P. The van der Waals surface area contributed by atoms with Crippen LogP contribution < -0.4 is 0 Å². The van der Waals surface area contributed by atoms with Gasteiger partial charge in [0.15, 0.2) is 6.29 Å². The van der Waals surface area contributed by atoms with Crippen LogP contribution in [0.2, 0.25) is 0 Å². The van der Waals surface area contributed by atoms with Crippen molar-refractivity contribution >= 4 is 8.69 Å². The highest BCUT2D eigenvalue weighted by Crippen LogP contribution is 1.92. The van der Waals surface area contributed by atoms with Crippen LogP contribution in [0.5, 0.6) is 0 Å². The average molecular weight is 124 g/mol. The van der Waals surface area contributed by atoms with Crippen LogP contribution in [-0.4, -0.2) is 23.1 Å². The van der Waals surface area contributed by atoms with Crippen molar-refractivity contribution in [3.63, 3.8) is 0 Å². The third-order valence-corrected chi connectivity index (χ3v) is 0.531. The zero-order valence-corrected chi connectivity index (χ0v) is 4.34. The Morgan fingerprint density at radius 3 is 2.43 bits per heavy atom. The van der Waals surface area contributed by atoms with E-state index in [9.17, 15) is 4.57 Å².